The number of nitrogens with one attached hydrogen (secondary N) is 1. The highest BCUT2D eigenvalue weighted by Gasteiger charge is 2.29. The van der Waals surface area contributed by atoms with Gasteiger partial charge in [-0.05, 0) is 24.0 Å². The number of aromatic nitrogens is 2. The van der Waals surface area contributed by atoms with E-state index >= 15 is 0 Å². The number of alkyl halides is 1. The van der Waals surface area contributed by atoms with Crippen LogP contribution in [-0.4, -0.2) is 36.0 Å². The molecule has 1 N–H and O–H groups in total. The van der Waals surface area contributed by atoms with Gasteiger partial charge >= 0.3 is 0 Å². The van der Waals surface area contributed by atoms with Crippen molar-refractivity contribution in [3.8, 4) is 0 Å². The van der Waals surface area contributed by atoms with Crippen molar-refractivity contribution < 1.29 is 8.42 Å². The summed E-state index contributed by atoms with van der Waals surface area (Å²) in [6, 6.07) is 8.10. The quantitative estimate of drug-likeness (QED) is 0.877. The first-order valence-corrected chi connectivity index (χ1v) is 8.75. The largest absolute Gasteiger partial charge is 0.266 e. The first-order valence-electron chi connectivity index (χ1n) is 6.78. The number of fused-ring (bicyclic) bond motifs is 1. The molecule has 1 aliphatic heterocycles. The van der Waals surface area contributed by atoms with E-state index < -0.39 is 10.0 Å². The van der Waals surface area contributed by atoms with E-state index in [4.69, 9.17) is 11.6 Å². The van der Waals surface area contributed by atoms with Crippen molar-refractivity contribution in [2.24, 2.45) is 0 Å². The Labute approximate surface area is 129 Å². The number of halogens is 1. The highest BCUT2D eigenvalue weighted by atomic mass is 35.5. The average Bonchev–Trinajstić information content (AvgIpc) is 2.87. The van der Waals surface area contributed by atoms with Crippen LogP contribution in [0.4, 0.5) is 0 Å². The lowest BCUT2D eigenvalue weighted by Gasteiger charge is -2.19. The summed E-state index contributed by atoms with van der Waals surface area (Å²) in [4.78, 5) is 0. The molecule has 5 nitrogen and oxygen atoms in total. The van der Waals surface area contributed by atoms with E-state index in [9.17, 15) is 8.42 Å². The Kier molecular flexibility index (Phi) is 4.01. The Morgan fingerprint density at radius 3 is 2.38 bits per heavy atom. The fourth-order valence-corrected chi connectivity index (χ4v) is 4.46. The number of hydrogen-bond acceptors (Lipinski definition) is 3. The Morgan fingerprint density at radius 2 is 1.81 bits per heavy atom. The van der Waals surface area contributed by atoms with E-state index in [1.165, 1.54) is 21.6 Å². The van der Waals surface area contributed by atoms with Gasteiger partial charge < -0.3 is 0 Å². The molecular formula is C14H16ClN3O2S. The molecule has 0 spiro atoms. The molecule has 1 aromatic heterocycles. The molecule has 3 rings (SSSR count). The smallest absolute Gasteiger partial charge is 0.260 e. The molecule has 0 aliphatic carbocycles. The van der Waals surface area contributed by atoms with Crippen LogP contribution in [0, 0.1) is 0 Å². The van der Waals surface area contributed by atoms with Gasteiger partial charge in [0, 0.05) is 18.7 Å². The molecule has 0 radical (unpaired) electrons. The monoisotopic (exact) mass is 325 g/mol. The molecule has 0 bridgehead atoms. The zero-order valence-corrected chi connectivity index (χ0v) is 13.0. The van der Waals surface area contributed by atoms with Gasteiger partial charge in [-0.25, -0.2) is 8.42 Å². The summed E-state index contributed by atoms with van der Waals surface area (Å²) in [5, 5.41) is 6.49. The van der Waals surface area contributed by atoms with Crippen LogP contribution in [0.25, 0.3) is 0 Å². The minimum Gasteiger partial charge on any atom is -0.266 e. The lowest BCUT2D eigenvalue weighted by molar-refractivity contribution is 0.424. The average molecular weight is 326 g/mol. The predicted molar refractivity (Wildman–Crippen MR) is 80.8 cm³/mol. The topological polar surface area (TPSA) is 66.1 Å². The molecule has 21 heavy (non-hydrogen) atoms. The zero-order chi connectivity index (χ0) is 14.9. The second-order valence-electron chi connectivity index (χ2n) is 5.03. The maximum atomic E-state index is 12.7. The molecule has 0 fully saturated rings. The fourth-order valence-electron chi connectivity index (χ4n) is 2.63. The van der Waals surface area contributed by atoms with E-state index in [1.807, 2.05) is 12.1 Å². The third-order valence-electron chi connectivity index (χ3n) is 3.80. The Morgan fingerprint density at radius 1 is 1.19 bits per heavy atom. The summed E-state index contributed by atoms with van der Waals surface area (Å²) >= 11 is 5.78. The minimum absolute atomic E-state index is 0.114. The summed E-state index contributed by atoms with van der Waals surface area (Å²) in [5.74, 6) is 0.124. The molecule has 0 saturated heterocycles. The fraction of sp³-hybridized carbons (Fsp3) is 0.357. The molecule has 7 heteroatoms. The van der Waals surface area contributed by atoms with Crippen LogP contribution < -0.4 is 0 Å². The van der Waals surface area contributed by atoms with Crippen LogP contribution in [0.2, 0.25) is 0 Å². The lowest BCUT2D eigenvalue weighted by atomic mass is 10.0. The van der Waals surface area contributed by atoms with Gasteiger partial charge in [-0.2, -0.15) is 9.40 Å². The minimum atomic E-state index is -3.57. The highest BCUT2D eigenvalue weighted by molar-refractivity contribution is 7.89. The Hall–Kier alpha value is -1.37. The maximum Gasteiger partial charge on any atom is 0.260 e. The molecule has 0 atom stereocenters. The zero-order valence-electron chi connectivity index (χ0n) is 11.4. The number of nitrogens with zero attached hydrogens (tertiary/aromatic N) is 2. The summed E-state index contributed by atoms with van der Waals surface area (Å²) in [6.07, 6.45) is 2.91. The van der Waals surface area contributed by atoms with Gasteiger partial charge in [0.1, 0.15) is 0 Å². The van der Waals surface area contributed by atoms with Crippen LogP contribution in [0.3, 0.4) is 0 Å². The van der Waals surface area contributed by atoms with Crippen molar-refractivity contribution in [2.45, 2.75) is 23.7 Å². The number of rotatable bonds is 3. The third kappa shape index (κ3) is 2.71. The molecule has 0 unspecified atom stereocenters. The number of hydrogen-bond donors (Lipinski definition) is 1. The third-order valence-corrected chi connectivity index (χ3v) is 6.00. The summed E-state index contributed by atoms with van der Waals surface area (Å²) in [6.45, 7) is 0.945. The van der Waals surface area contributed by atoms with Crippen molar-refractivity contribution in [3.63, 3.8) is 0 Å². The standard InChI is InChI=1S/C14H16ClN3O2S/c15-9-13-10-16-17-14(13)21(19,20)18-7-5-11-3-1-2-4-12(11)6-8-18/h1-4,10H,5-9H2,(H,16,17). The highest BCUT2D eigenvalue weighted by Crippen LogP contribution is 2.23. The number of benzene rings is 1. The van der Waals surface area contributed by atoms with E-state index in [0.29, 0.717) is 18.7 Å². The second kappa shape index (κ2) is 5.79. The molecule has 2 aromatic rings. The summed E-state index contributed by atoms with van der Waals surface area (Å²) < 4.78 is 27.0. The van der Waals surface area contributed by atoms with Crippen molar-refractivity contribution >= 4 is 21.6 Å². The normalized spacial score (nSPS) is 16.4. The van der Waals surface area contributed by atoms with Gasteiger partial charge in [-0.15, -0.1) is 11.6 Å². The van der Waals surface area contributed by atoms with Gasteiger partial charge in [0.15, 0.2) is 5.03 Å². The maximum absolute atomic E-state index is 12.7. The number of aromatic amines is 1. The van der Waals surface area contributed by atoms with Crippen LogP contribution in [0.5, 0.6) is 0 Å². The summed E-state index contributed by atoms with van der Waals surface area (Å²) in [5.41, 5.74) is 2.95. The van der Waals surface area contributed by atoms with Crippen molar-refractivity contribution in [1.82, 2.24) is 14.5 Å². The lowest BCUT2D eigenvalue weighted by Crippen LogP contribution is -2.34. The van der Waals surface area contributed by atoms with Crippen molar-refractivity contribution in [2.75, 3.05) is 13.1 Å². The Balaban J connectivity index is 1.89. The first kappa shape index (κ1) is 14.6. The van der Waals surface area contributed by atoms with E-state index in [0.717, 1.165) is 12.8 Å². The molecule has 1 aromatic carbocycles. The van der Waals surface area contributed by atoms with E-state index in [1.54, 1.807) is 0 Å². The number of sulfonamides is 1. The second-order valence-corrected chi connectivity index (χ2v) is 7.17. The molecule has 1 aliphatic rings. The van der Waals surface area contributed by atoms with Gasteiger partial charge in [0.05, 0.1) is 12.1 Å². The van der Waals surface area contributed by atoms with Crippen LogP contribution in [0.15, 0.2) is 35.5 Å². The van der Waals surface area contributed by atoms with E-state index in [2.05, 4.69) is 22.3 Å². The van der Waals surface area contributed by atoms with Crippen molar-refractivity contribution in [3.05, 3.63) is 47.2 Å². The summed E-state index contributed by atoms with van der Waals surface area (Å²) in [7, 11) is -3.57. The molecular weight excluding hydrogens is 310 g/mol. The van der Waals surface area contributed by atoms with Crippen LogP contribution in [0.1, 0.15) is 16.7 Å². The molecule has 112 valence electrons. The van der Waals surface area contributed by atoms with Crippen LogP contribution >= 0.6 is 11.6 Å². The van der Waals surface area contributed by atoms with Crippen LogP contribution in [-0.2, 0) is 28.7 Å². The molecule has 0 saturated carbocycles. The van der Waals surface area contributed by atoms with Crippen molar-refractivity contribution in [1.29, 1.82) is 0 Å². The van der Waals surface area contributed by atoms with Gasteiger partial charge in [0.25, 0.3) is 10.0 Å². The molecule has 2 heterocycles. The molecule has 0 amide bonds. The van der Waals surface area contributed by atoms with Gasteiger partial charge in [-0.1, -0.05) is 24.3 Å². The van der Waals surface area contributed by atoms with Gasteiger partial charge in [0.2, 0.25) is 0 Å². The Bertz CT molecular complexity index is 715. The SMILES string of the molecule is O=S(=O)(c1[nH]ncc1CCl)N1CCc2ccccc2CC1. The first-order chi connectivity index (χ1) is 10.1. The number of H-pyrrole nitrogens is 1. The van der Waals surface area contributed by atoms with E-state index in [-0.39, 0.29) is 10.9 Å². The predicted octanol–water partition coefficient (Wildman–Crippen LogP) is 1.94. The van der Waals surface area contributed by atoms with Gasteiger partial charge in [-0.3, -0.25) is 5.10 Å².